The molecule has 16 heavy (non-hydrogen) atoms. The minimum absolute atomic E-state index is 0.523. The number of aryl methyl sites for hydroxylation is 1. The third-order valence-corrected chi connectivity index (χ3v) is 3.23. The molecule has 1 heterocycles. The predicted molar refractivity (Wildman–Crippen MR) is 69.1 cm³/mol. The van der Waals surface area contributed by atoms with Crippen molar-refractivity contribution in [3.05, 3.63) is 45.9 Å². The minimum Gasteiger partial charge on any atom is -0.330 e. The fourth-order valence-corrected chi connectivity index (χ4v) is 1.94. The molecule has 0 aliphatic rings. The average molecular weight is 230 g/mol. The summed E-state index contributed by atoms with van der Waals surface area (Å²) in [6, 6.07) is 6.21. The largest absolute Gasteiger partial charge is 0.330 e. The van der Waals surface area contributed by atoms with Gasteiger partial charge in [-0.2, -0.15) is 0 Å². The van der Waals surface area contributed by atoms with E-state index in [9.17, 15) is 0 Å². The molecule has 0 fully saturated rings. The second kappa shape index (κ2) is 4.18. The van der Waals surface area contributed by atoms with Crippen molar-refractivity contribution in [1.29, 1.82) is 0 Å². The van der Waals surface area contributed by atoms with Gasteiger partial charge in [0.25, 0.3) is 0 Å². The summed E-state index contributed by atoms with van der Waals surface area (Å²) in [6.07, 6.45) is 1.74. The van der Waals surface area contributed by atoms with Crippen LogP contribution in [0.1, 0.15) is 16.7 Å². The van der Waals surface area contributed by atoms with Crippen molar-refractivity contribution < 1.29 is 0 Å². The number of aromatic nitrogens is 2. The average Bonchev–Trinajstić information content (AvgIpc) is 2.26. The molecule has 0 unspecified atom stereocenters. The van der Waals surface area contributed by atoms with Gasteiger partial charge in [0.15, 0.2) is 4.77 Å². The molecule has 0 amide bonds. The minimum atomic E-state index is 0.523. The molecule has 0 bridgehead atoms. The lowest BCUT2D eigenvalue weighted by Gasteiger charge is -2.10. The predicted octanol–water partition coefficient (Wildman–Crippen LogP) is 3.73. The normalized spacial score (nSPS) is 10.4. The van der Waals surface area contributed by atoms with Gasteiger partial charge in [0.05, 0.1) is 0 Å². The van der Waals surface area contributed by atoms with Gasteiger partial charge in [-0.1, -0.05) is 12.1 Å². The van der Waals surface area contributed by atoms with Crippen molar-refractivity contribution in [2.75, 3.05) is 0 Å². The van der Waals surface area contributed by atoms with E-state index in [-0.39, 0.29) is 0 Å². The van der Waals surface area contributed by atoms with Gasteiger partial charge in [0.1, 0.15) is 0 Å². The van der Waals surface area contributed by atoms with Gasteiger partial charge in [-0.25, -0.2) is 4.98 Å². The van der Waals surface area contributed by atoms with E-state index in [1.807, 2.05) is 6.07 Å². The number of H-pyrrole nitrogens is 1. The van der Waals surface area contributed by atoms with Gasteiger partial charge in [-0.05, 0) is 55.7 Å². The zero-order chi connectivity index (χ0) is 11.7. The van der Waals surface area contributed by atoms with Crippen LogP contribution in [0.2, 0.25) is 0 Å². The lowest BCUT2D eigenvalue weighted by atomic mass is 9.97. The number of nitrogens with one attached hydrogen (secondary N) is 1. The molecule has 2 nitrogen and oxygen atoms in total. The number of hydrogen-bond acceptors (Lipinski definition) is 2. The smallest absolute Gasteiger partial charge is 0.197 e. The fraction of sp³-hybridized carbons (Fsp3) is 0.231. The summed E-state index contributed by atoms with van der Waals surface area (Å²) in [7, 11) is 0. The summed E-state index contributed by atoms with van der Waals surface area (Å²) in [5.74, 6) is 0. The van der Waals surface area contributed by atoms with Crippen LogP contribution in [-0.4, -0.2) is 9.97 Å². The topological polar surface area (TPSA) is 28.7 Å². The van der Waals surface area contributed by atoms with E-state index in [2.05, 4.69) is 42.9 Å². The highest BCUT2D eigenvalue weighted by atomic mass is 32.1. The summed E-state index contributed by atoms with van der Waals surface area (Å²) in [4.78, 5) is 7.11. The van der Waals surface area contributed by atoms with E-state index >= 15 is 0 Å². The Balaban J connectivity index is 2.66. The Bertz CT molecular complexity index is 585. The molecule has 1 N–H and O–H groups in total. The molecule has 2 rings (SSSR count). The van der Waals surface area contributed by atoms with Crippen molar-refractivity contribution >= 4 is 12.2 Å². The van der Waals surface area contributed by atoms with Gasteiger partial charge in [0, 0.05) is 17.5 Å². The van der Waals surface area contributed by atoms with Crippen LogP contribution in [0.15, 0.2) is 24.4 Å². The van der Waals surface area contributed by atoms with Crippen molar-refractivity contribution in [3.8, 4) is 11.3 Å². The maximum Gasteiger partial charge on any atom is 0.197 e. The van der Waals surface area contributed by atoms with E-state index in [4.69, 9.17) is 12.2 Å². The first-order chi connectivity index (χ1) is 7.59. The SMILES string of the molecule is Cc1ccc(-c2ccnc(=S)[nH]2)c(C)c1C. The molecule has 0 aliphatic heterocycles. The Labute approximate surface area is 100 Å². The molecule has 0 aliphatic carbocycles. The summed E-state index contributed by atoms with van der Waals surface area (Å²) in [5, 5.41) is 0. The molecule has 1 aromatic carbocycles. The third kappa shape index (κ3) is 1.91. The van der Waals surface area contributed by atoms with Crippen LogP contribution < -0.4 is 0 Å². The number of rotatable bonds is 1. The Hall–Kier alpha value is -1.48. The van der Waals surface area contributed by atoms with Crippen LogP contribution in [0.25, 0.3) is 11.3 Å². The molecular weight excluding hydrogens is 216 g/mol. The molecule has 0 atom stereocenters. The summed E-state index contributed by atoms with van der Waals surface area (Å²) in [5.41, 5.74) is 6.15. The van der Waals surface area contributed by atoms with E-state index in [1.54, 1.807) is 6.20 Å². The Kier molecular flexibility index (Phi) is 2.88. The summed E-state index contributed by atoms with van der Waals surface area (Å²) < 4.78 is 0.523. The maximum atomic E-state index is 5.03. The van der Waals surface area contributed by atoms with Gasteiger partial charge in [-0.3, -0.25) is 0 Å². The first-order valence-corrected chi connectivity index (χ1v) is 5.63. The first-order valence-electron chi connectivity index (χ1n) is 5.22. The monoisotopic (exact) mass is 230 g/mol. The highest BCUT2D eigenvalue weighted by Gasteiger charge is 2.05. The number of hydrogen-bond donors (Lipinski definition) is 1. The van der Waals surface area contributed by atoms with E-state index in [0.717, 1.165) is 5.69 Å². The van der Waals surface area contributed by atoms with Gasteiger partial charge in [-0.15, -0.1) is 0 Å². The molecular formula is C13H14N2S. The van der Waals surface area contributed by atoms with Crippen molar-refractivity contribution in [3.63, 3.8) is 0 Å². The van der Waals surface area contributed by atoms with E-state index < -0.39 is 0 Å². The fourth-order valence-electron chi connectivity index (χ4n) is 1.77. The summed E-state index contributed by atoms with van der Waals surface area (Å²) >= 11 is 5.03. The molecule has 82 valence electrons. The molecule has 0 radical (unpaired) electrons. The van der Waals surface area contributed by atoms with Crippen molar-refractivity contribution in [1.82, 2.24) is 9.97 Å². The van der Waals surface area contributed by atoms with Crippen LogP contribution in [-0.2, 0) is 0 Å². The van der Waals surface area contributed by atoms with Crippen molar-refractivity contribution in [2.24, 2.45) is 0 Å². The van der Waals surface area contributed by atoms with Crippen LogP contribution in [0.3, 0.4) is 0 Å². The molecule has 0 saturated carbocycles. The van der Waals surface area contributed by atoms with Crippen LogP contribution in [0.5, 0.6) is 0 Å². The zero-order valence-electron chi connectivity index (χ0n) is 9.66. The summed E-state index contributed by atoms with van der Waals surface area (Å²) in [6.45, 7) is 6.40. The second-order valence-electron chi connectivity index (χ2n) is 3.97. The Morgan fingerprint density at radius 3 is 2.50 bits per heavy atom. The van der Waals surface area contributed by atoms with Gasteiger partial charge >= 0.3 is 0 Å². The standard InChI is InChI=1S/C13H14N2S/c1-8-4-5-11(10(3)9(8)2)12-6-7-14-13(16)15-12/h4-7H,1-3H3,(H,14,15,16). The van der Waals surface area contributed by atoms with E-state index in [0.29, 0.717) is 4.77 Å². The lowest BCUT2D eigenvalue weighted by molar-refractivity contribution is 1.13. The molecule has 1 aromatic heterocycles. The highest BCUT2D eigenvalue weighted by molar-refractivity contribution is 7.71. The van der Waals surface area contributed by atoms with Crippen LogP contribution in [0, 0.1) is 25.5 Å². The molecule has 2 aromatic rings. The molecule has 0 spiro atoms. The van der Waals surface area contributed by atoms with Gasteiger partial charge in [0.2, 0.25) is 0 Å². The molecule has 3 heteroatoms. The number of aromatic amines is 1. The van der Waals surface area contributed by atoms with E-state index in [1.165, 1.54) is 22.3 Å². The lowest BCUT2D eigenvalue weighted by Crippen LogP contribution is -1.93. The van der Waals surface area contributed by atoms with Gasteiger partial charge < -0.3 is 4.98 Å². The highest BCUT2D eigenvalue weighted by Crippen LogP contribution is 2.25. The quantitative estimate of drug-likeness (QED) is 0.756. The molecule has 0 saturated heterocycles. The second-order valence-corrected chi connectivity index (χ2v) is 4.36. The zero-order valence-corrected chi connectivity index (χ0v) is 10.5. The first kappa shape index (κ1) is 11.0. The third-order valence-electron chi connectivity index (χ3n) is 3.02. The maximum absolute atomic E-state index is 5.03. The van der Waals surface area contributed by atoms with Crippen LogP contribution in [0.4, 0.5) is 0 Å². The van der Waals surface area contributed by atoms with Crippen molar-refractivity contribution in [2.45, 2.75) is 20.8 Å². The Morgan fingerprint density at radius 2 is 1.81 bits per heavy atom. The number of nitrogens with zero attached hydrogens (tertiary/aromatic N) is 1. The van der Waals surface area contributed by atoms with Crippen LogP contribution >= 0.6 is 12.2 Å². The Morgan fingerprint density at radius 1 is 1.06 bits per heavy atom. The number of benzene rings is 1.